The van der Waals surface area contributed by atoms with Gasteiger partial charge in [-0.15, -0.1) is 8.42 Å². The molecule has 1 fully saturated rings. The Morgan fingerprint density at radius 2 is 1.60 bits per heavy atom. The largest absolute Gasteiger partial charge is 0.501 e. The second kappa shape index (κ2) is 13.0. The van der Waals surface area contributed by atoms with E-state index >= 15 is 0 Å². The van der Waals surface area contributed by atoms with E-state index in [1.54, 1.807) is 24.5 Å². The van der Waals surface area contributed by atoms with Crippen molar-refractivity contribution in [3.63, 3.8) is 0 Å². The van der Waals surface area contributed by atoms with Crippen LogP contribution >= 0.6 is 0 Å². The van der Waals surface area contributed by atoms with Gasteiger partial charge in [0.2, 0.25) is 6.29 Å². The van der Waals surface area contributed by atoms with Crippen molar-refractivity contribution in [3.8, 4) is 17.2 Å². The van der Waals surface area contributed by atoms with Gasteiger partial charge in [-0.3, -0.25) is 9.78 Å². The summed E-state index contributed by atoms with van der Waals surface area (Å²) in [6.45, 7) is -0.705. The van der Waals surface area contributed by atoms with E-state index < -0.39 is 53.7 Å². The third kappa shape index (κ3) is 7.65. The van der Waals surface area contributed by atoms with E-state index in [0.29, 0.717) is 11.1 Å². The van der Waals surface area contributed by atoms with Crippen LogP contribution in [0.5, 0.6) is 17.2 Å². The molecule has 1 saturated heterocycles. The van der Waals surface area contributed by atoms with Crippen LogP contribution in [0.3, 0.4) is 0 Å². The topological polar surface area (TPSA) is 191 Å². The molecule has 2 aromatic carbocycles. The first-order chi connectivity index (χ1) is 19.1. The molecule has 13 nitrogen and oxygen atoms in total. The number of nitrogens with zero attached hydrogens (tertiary/aromatic N) is 1. The molecule has 0 spiro atoms. The fourth-order valence-corrected chi connectivity index (χ4v) is 4.41. The number of carbonyl (C=O) groups is 1. The van der Waals surface area contributed by atoms with Gasteiger partial charge in [-0.1, -0.05) is 30.3 Å². The number of aliphatic hydroxyl groups is 4. The number of carbonyl (C=O) groups excluding carboxylic acids is 1. The third-order valence-electron chi connectivity index (χ3n) is 5.73. The SMILES string of the molecule is O=C(Cc1cccnc1)OCc1ccc(OS(=O)(=O)Oc2ccccc2O[C@@H]2O[C@H](CO)[C@H](O)[C@H](O)[C@H]2O)cc1. The Morgan fingerprint density at radius 1 is 0.875 bits per heavy atom. The van der Waals surface area contributed by atoms with E-state index in [-0.39, 0.29) is 30.3 Å². The lowest BCUT2D eigenvalue weighted by molar-refractivity contribution is -0.277. The van der Waals surface area contributed by atoms with E-state index in [1.165, 1.54) is 48.5 Å². The summed E-state index contributed by atoms with van der Waals surface area (Å²) < 4.78 is 51.2. The van der Waals surface area contributed by atoms with Crippen molar-refractivity contribution >= 4 is 16.4 Å². The van der Waals surface area contributed by atoms with Crippen molar-refractivity contribution in [2.45, 2.75) is 43.7 Å². The predicted octanol–water partition coefficient (Wildman–Crippen LogP) is 0.249. The zero-order chi connectivity index (χ0) is 28.7. The highest BCUT2D eigenvalue weighted by Crippen LogP contribution is 2.32. The van der Waals surface area contributed by atoms with Crippen LogP contribution in [0, 0.1) is 0 Å². The number of benzene rings is 2. The Balaban J connectivity index is 1.35. The lowest BCUT2D eigenvalue weighted by Gasteiger charge is -2.39. The minimum absolute atomic E-state index is 0.0364. The minimum Gasteiger partial charge on any atom is -0.461 e. The maximum Gasteiger partial charge on any atom is 0.501 e. The van der Waals surface area contributed by atoms with Crippen LogP contribution in [-0.4, -0.2) is 77.1 Å². The summed E-state index contributed by atoms with van der Waals surface area (Å²) in [6.07, 6.45) is -4.56. The van der Waals surface area contributed by atoms with Gasteiger partial charge in [0.15, 0.2) is 11.5 Å². The van der Waals surface area contributed by atoms with Gasteiger partial charge in [0.05, 0.1) is 13.0 Å². The van der Waals surface area contributed by atoms with Crippen LogP contribution in [0.1, 0.15) is 11.1 Å². The van der Waals surface area contributed by atoms with Gasteiger partial charge in [0, 0.05) is 12.4 Å². The van der Waals surface area contributed by atoms with E-state index in [9.17, 15) is 33.6 Å². The number of hydrogen-bond acceptors (Lipinski definition) is 13. The van der Waals surface area contributed by atoms with Crippen molar-refractivity contribution in [1.29, 1.82) is 0 Å². The van der Waals surface area contributed by atoms with Crippen molar-refractivity contribution in [3.05, 3.63) is 84.2 Å². The Morgan fingerprint density at radius 3 is 2.27 bits per heavy atom. The van der Waals surface area contributed by atoms with Gasteiger partial charge in [-0.2, -0.15) is 0 Å². The zero-order valence-electron chi connectivity index (χ0n) is 20.8. The third-order valence-corrected chi connectivity index (χ3v) is 6.51. The summed E-state index contributed by atoms with van der Waals surface area (Å²) in [5.74, 6) is -1.05. The van der Waals surface area contributed by atoms with Gasteiger partial charge in [0.1, 0.15) is 36.8 Å². The van der Waals surface area contributed by atoms with E-state index in [0.717, 1.165) is 0 Å². The first-order valence-electron chi connectivity index (χ1n) is 12.0. The van der Waals surface area contributed by atoms with Crippen molar-refractivity contribution in [2.75, 3.05) is 6.61 Å². The molecule has 0 bridgehead atoms. The molecule has 4 rings (SSSR count). The smallest absolute Gasteiger partial charge is 0.461 e. The lowest BCUT2D eigenvalue weighted by atomic mass is 9.99. The highest BCUT2D eigenvalue weighted by atomic mass is 32.3. The molecule has 1 aliphatic heterocycles. The normalized spacial score (nSPS) is 22.8. The molecule has 1 aromatic heterocycles. The number of esters is 1. The molecule has 0 unspecified atom stereocenters. The molecule has 0 amide bonds. The molecular weight excluding hydrogens is 550 g/mol. The van der Waals surface area contributed by atoms with Crippen LogP contribution in [-0.2, 0) is 37.7 Å². The van der Waals surface area contributed by atoms with E-state index in [4.69, 9.17) is 22.6 Å². The first-order valence-corrected chi connectivity index (χ1v) is 13.3. The minimum atomic E-state index is -4.68. The molecule has 0 radical (unpaired) electrons. The van der Waals surface area contributed by atoms with Crippen molar-refractivity contribution in [1.82, 2.24) is 4.98 Å². The summed E-state index contributed by atoms with van der Waals surface area (Å²) >= 11 is 0. The maximum atomic E-state index is 12.6. The maximum absolute atomic E-state index is 12.6. The summed E-state index contributed by atoms with van der Waals surface area (Å²) in [5, 5.41) is 39.4. The molecule has 0 aliphatic carbocycles. The summed E-state index contributed by atoms with van der Waals surface area (Å²) in [5.41, 5.74) is 1.30. The quantitative estimate of drug-likeness (QED) is 0.227. The van der Waals surface area contributed by atoms with Gasteiger partial charge in [0.25, 0.3) is 0 Å². The molecule has 5 atom stereocenters. The number of aromatic nitrogens is 1. The summed E-state index contributed by atoms with van der Waals surface area (Å²) in [6, 6.07) is 14.7. The molecule has 3 aromatic rings. The lowest BCUT2D eigenvalue weighted by Crippen LogP contribution is -2.60. The Kier molecular flexibility index (Phi) is 9.52. The number of rotatable bonds is 11. The van der Waals surface area contributed by atoms with Gasteiger partial charge < -0.3 is 43.0 Å². The van der Waals surface area contributed by atoms with E-state index in [2.05, 4.69) is 4.98 Å². The second-order valence-corrected chi connectivity index (χ2v) is 9.83. The van der Waals surface area contributed by atoms with Crippen molar-refractivity contribution in [2.24, 2.45) is 0 Å². The molecule has 40 heavy (non-hydrogen) atoms. The molecule has 2 heterocycles. The Hall–Kier alpha value is -3.79. The number of ether oxygens (including phenoxy) is 3. The second-order valence-electron chi connectivity index (χ2n) is 8.68. The molecular formula is C26H27NO12S. The monoisotopic (exact) mass is 577 g/mol. The molecule has 0 saturated carbocycles. The van der Waals surface area contributed by atoms with Crippen LogP contribution < -0.4 is 13.1 Å². The molecule has 14 heteroatoms. The van der Waals surface area contributed by atoms with Gasteiger partial charge in [-0.05, 0) is 41.5 Å². The van der Waals surface area contributed by atoms with Crippen LogP contribution in [0.4, 0.5) is 0 Å². The fraction of sp³-hybridized carbons (Fsp3) is 0.308. The average Bonchev–Trinajstić information content (AvgIpc) is 2.94. The molecule has 214 valence electrons. The summed E-state index contributed by atoms with van der Waals surface area (Å²) in [4.78, 5) is 15.9. The van der Waals surface area contributed by atoms with E-state index in [1.807, 2.05) is 0 Å². The number of hydrogen-bond donors (Lipinski definition) is 4. The number of pyridine rings is 1. The first kappa shape index (κ1) is 29.2. The Bertz CT molecular complexity index is 1370. The number of para-hydroxylation sites is 2. The number of aliphatic hydroxyl groups excluding tert-OH is 4. The highest BCUT2D eigenvalue weighted by molar-refractivity contribution is 7.82. The highest BCUT2D eigenvalue weighted by Gasteiger charge is 2.45. The van der Waals surface area contributed by atoms with Gasteiger partial charge in [-0.25, -0.2) is 0 Å². The Labute approximate surface area is 229 Å². The van der Waals surface area contributed by atoms with Crippen LogP contribution in [0.15, 0.2) is 73.1 Å². The zero-order valence-corrected chi connectivity index (χ0v) is 21.7. The summed E-state index contributed by atoms with van der Waals surface area (Å²) in [7, 11) is -4.68. The van der Waals surface area contributed by atoms with Crippen molar-refractivity contribution < 1.29 is 56.2 Å². The van der Waals surface area contributed by atoms with Crippen LogP contribution in [0.25, 0.3) is 0 Å². The molecule has 1 aliphatic rings. The van der Waals surface area contributed by atoms with Crippen LogP contribution in [0.2, 0.25) is 0 Å². The standard InChI is InChI=1S/C26H27NO12S/c28-14-21-23(30)24(31)25(32)26(37-21)36-19-5-1-2-6-20(19)39-40(33,34)38-18-9-7-16(8-10-18)15-35-22(29)12-17-4-3-11-27-13-17/h1-11,13,21,23-26,28,30-32H,12,14-15H2/t21-,23+,24+,25-,26-/m1/s1. The average molecular weight is 578 g/mol. The molecule has 4 N–H and O–H groups in total. The predicted molar refractivity (Wildman–Crippen MR) is 135 cm³/mol. The fourth-order valence-electron chi connectivity index (χ4n) is 3.68. The van der Waals surface area contributed by atoms with Gasteiger partial charge >= 0.3 is 16.4 Å².